The predicted octanol–water partition coefficient (Wildman–Crippen LogP) is 6.39. The molecule has 4 rings (SSSR count). The average Bonchev–Trinajstić information content (AvgIpc) is 2.91. The van der Waals surface area contributed by atoms with Crippen LogP contribution in [0.4, 0.5) is 16.2 Å². The third-order valence-electron chi connectivity index (χ3n) is 5.26. The molecule has 0 saturated heterocycles. The summed E-state index contributed by atoms with van der Waals surface area (Å²) < 4.78 is 9.74. The van der Waals surface area contributed by atoms with Gasteiger partial charge in [0, 0.05) is 11.1 Å². The summed E-state index contributed by atoms with van der Waals surface area (Å²) in [6.45, 7) is 1.88. The van der Waals surface area contributed by atoms with Gasteiger partial charge in [0.2, 0.25) is 0 Å². The zero-order chi connectivity index (χ0) is 25.3. The van der Waals surface area contributed by atoms with Gasteiger partial charge >= 0.3 is 6.16 Å². The highest BCUT2D eigenvalue weighted by molar-refractivity contribution is 6.10. The van der Waals surface area contributed by atoms with Crippen LogP contribution in [0.5, 0.6) is 5.75 Å². The van der Waals surface area contributed by atoms with Crippen LogP contribution in [0.15, 0.2) is 103 Å². The molecule has 0 bridgehead atoms. The monoisotopic (exact) mass is 480 g/mol. The number of nitrogens with one attached hydrogen (secondary N) is 2. The summed E-state index contributed by atoms with van der Waals surface area (Å²) in [5.74, 6) is -0.417. The van der Waals surface area contributed by atoms with Gasteiger partial charge in [0.25, 0.3) is 11.8 Å². The Labute approximate surface area is 208 Å². The van der Waals surface area contributed by atoms with Gasteiger partial charge in [-0.05, 0) is 66.6 Å². The number of hydrogen-bond donors (Lipinski definition) is 2. The van der Waals surface area contributed by atoms with Crippen molar-refractivity contribution in [2.24, 2.45) is 0 Å². The molecule has 7 nitrogen and oxygen atoms in total. The highest BCUT2D eigenvalue weighted by Gasteiger charge is 2.13. The van der Waals surface area contributed by atoms with Crippen LogP contribution in [0, 0.1) is 0 Å². The van der Waals surface area contributed by atoms with Gasteiger partial charge in [0.05, 0.1) is 18.0 Å². The topological polar surface area (TPSA) is 93.7 Å². The molecule has 0 aliphatic heterocycles. The van der Waals surface area contributed by atoms with Crippen LogP contribution >= 0.6 is 0 Å². The van der Waals surface area contributed by atoms with Crippen LogP contribution in [0.25, 0.3) is 11.1 Å². The van der Waals surface area contributed by atoms with Gasteiger partial charge in [-0.1, -0.05) is 54.6 Å². The molecule has 0 fully saturated rings. The predicted molar refractivity (Wildman–Crippen MR) is 138 cm³/mol. The molecule has 36 heavy (non-hydrogen) atoms. The Morgan fingerprint density at radius 2 is 1.08 bits per heavy atom. The first-order chi connectivity index (χ1) is 17.5. The van der Waals surface area contributed by atoms with E-state index in [1.54, 1.807) is 43.3 Å². The van der Waals surface area contributed by atoms with Crippen molar-refractivity contribution in [3.05, 3.63) is 114 Å². The molecule has 0 unspecified atom stereocenters. The van der Waals surface area contributed by atoms with Crippen LogP contribution in [0.2, 0.25) is 0 Å². The molecule has 7 heteroatoms. The number of carbonyl (C=O) groups excluding carboxylic acids is 3. The first-order valence-corrected chi connectivity index (χ1v) is 11.4. The van der Waals surface area contributed by atoms with Crippen LogP contribution in [0.3, 0.4) is 0 Å². The SMILES string of the molecule is CCOC(=O)Oc1ccc(C(=O)Nc2ccccc2NC(=O)c2ccc(-c3ccccc3)cc2)cc1. The van der Waals surface area contributed by atoms with Crippen molar-refractivity contribution in [1.29, 1.82) is 0 Å². The minimum Gasteiger partial charge on any atom is -0.434 e. The van der Waals surface area contributed by atoms with E-state index in [4.69, 9.17) is 9.47 Å². The third-order valence-corrected chi connectivity index (χ3v) is 5.26. The second kappa shape index (κ2) is 11.5. The summed E-state index contributed by atoms with van der Waals surface area (Å²) >= 11 is 0. The van der Waals surface area contributed by atoms with E-state index in [0.29, 0.717) is 22.5 Å². The lowest BCUT2D eigenvalue weighted by atomic mass is 10.0. The van der Waals surface area contributed by atoms with E-state index in [1.807, 2.05) is 42.5 Å². The summed E-state index contributed by atoms with van der Waals surface area (Å²) in [7, 11) is 0. The maximum atomic E-state index is 12.9. The van der Waals surface area contributed by atoms with Crippen LogP contribution in [-0.4, -0.2) is 24.6 Å². The van der Waals surface area contributed by atoms with Gasteiger partial charge in [-0.2, -0.15) is 0 Å². The first-order valence-electron chi connectivity index (χ1n) is 11.4. The van der Waals surface area contributed by atoms with Crippen molar-refractivity contribution in [2.75, 3.05) is 17.2 Å². The molecule has 4 aromatic rings. The van der Waals surface area contributed by atoms with Crippen LogP contribution in [-0.2, 0) is 4.74 Å². The van der Waals surface area contributed by atoms with Crippen LogP contribution < -0.4 is 15.4 Å². The van der Waals surface area contributed by atoms with E-state index in [2.05, 4.69) is 10.6 Å². The Kier molecular flexibility index (Phi) is 7.73. The van der Waals surface area contributed by atoms with E-state index in [-0.39, 0.29) is 24.2 Å². The highest BCUT2D eigenvalue weighted by Crippen LogP contribution is 2.24. The Morgan fingerprint density at radius 3 is 1.61 bits per heavy atom. The average molecular weight is 481 g/mol. The Morgan fingerprint density at radius 1 is 0.611 bits per heavy atom. The number of anilines is 2. The third kappa shape index (κ3) is 6.15. The fourth-order valence-electron chi connectivity index (χ4n) is 3.45. The molecule has 4 aromatic carbocycles. The van der Waals surface area contributed by atoms with E-state index in [9.17, 15) is 14.4 Å². The summed E-state index contributed by atoms with van der Waals surface area (Å²) in [4.78, 5) is 37.1. The quantitative estimate of drug-likeness (QED) is 0.236. The van der Waals surface area contributed by atoms with Gasteiger partial charge in [0.1, 0.15) is 5.75 Å². The largest absolute Gasteiger partial charge is 0.513 e. The van der Waals surface area contributed by atoms with Gasteiger partial charge in [0.15, 0.2) is 0 Å². The molecule has 0 heterocycles. The minimum atomic E-state index is -0.811. The summed E-state index contributed by atoms with van der Waals surface area (Å²) in [6.07, 6.45) is -0.811. The molecular weight excluding hydrogens is 456 g/mol. The Bertz CT molecular complexity index is 1350. The maximum Gasteiger partial charge on any atom is 0.513 e. The smallest absolute Gasteiger partial charge is 0.434 e. The first kappa shape index (κ1) is 24.2. The van der Waals surface area contributed by atoms with Gasteiger partial charge in [-0.3, -0.25) is 9.59 Å². The van der Waals surface area contributed by atoms with Crippen molar-refractivity contribution in [2.45, 2.75) is 6.92 Å². The lowest BCUT2D eigenvalue weighted by Gasteiger charge is -2.13. The molecule has 0 spiro atoms. The van der Waals surface area contributed by atoms with Gasteiger partial charge in [-0.25, -0.2) is 4.79 Å². The molecular formula is C29H24N2O5. The van der Waals surface area contributed by atoms with Gasteiger partial charge < -0.3 is 20.1 Å². The van der Waals surface area contributed by atoms with Crippen molar-refractivity contribution in [3.63, 3.8) is 0 Å². The molecule has 2 N–H and O–H groups in total. The lowest BCUT2D eigenvalue weighted by molar-refractivity contribution is 0.101. The van der Waals surface area contributed by atoms with E-state index >= 15 is 0 Å². The van der Waals surface area contributed by atoms with Crippen molar-refractivity contribution < 1.29 is 23.9 Å². The van der Waals surface area contributed by atoms with E-state index in [1.165, 1.54) is 24.3 Å². The molecule has 0 aliphatic carbocycles. The fraction of sp³-hybridized carbons (Fsp3) is 0.0690. The minimum absolute atomic E-state index is 0.203. The van der Waals surface area contributed by atoms with Crippen molar-refractivity contribution >= 4 is 29.3 Å². The highest BCUT2D eigenvalue weighted by atomic mass is 16.7. The van der Waals surface area contributed by atoms with Crippen molar-refractivity contribution in [1.82, 2.24) is 0 Å². The number of hydrogen-bond acceptors (Lipinski definition) is 5. The number of ether oxygens (including phenoxy) is 2. The van der Waals surface area contributed by atoms with Crippen LogP contribution in [0.1, 0.15) is 27.6 Å². The number of benzene rings is 4. The summed E-state index contributed by atoms with van der Waals surface area (Å²) in [5, 5.41) is 5.67. The number of rotatable bonds is 7. The van der Waals surface area contributed by atoms with Gasteiger partial charge in [-0.15, -0.1) is 0 Å². The molecule has 180 valence electrons. The number of para-hydroxylation sites is 2. The maximum absolute atomic E-state index is 12.9. The molecule has 0 radical (unpaired) electrons. The van der Waals surface area contributed by atoms with Crippen molar-refractivity contribution in [3.8, 4) is 16.9 Å². The Balaban J connectivity index is 1.42. The van der Waals surface area contributed by atoms with E-state index < -0.39 is 6.16 Å². The molecule has 0 saturated carbocycles. The second-order valence-corrected chi connectivity index (χ2v) is 7.71. The standard InChI is InChI=1S/C29H24N2O5/c1-2-35-29(34)36-24-18-16-23(17-19-24)28(33)31-26-11-7-6-10-25(26)30-27(32)22-14-12-21(13-15-22)20-8-4-3-5-9-20/h3-19H,2H2,1H3,(H,30,32)(H,31,33). The lowest BCUT2D eigenvalue weighted by Crippen LogP contribution is -2.17. The fourth-order valence-corrected chi connectivity index (χ4v) is 3.45. The molecule has 0 atom stereocenters. The second-order valence-electron chi connectivity index (χ2n) is 7.71. The number of carbonyl (C=O) groups is 3. The zero-order valence-electron chi connectivity index (χ0n) is 19.6. The Hall–Kier alpha value is -4.91. The number of amides is 2. The molecule has 2 amide bonds. The molecule has 0 aromatic heterocycles. The summed E-state index contributed by atoms with van der Waals surface area (Å²) in [6, 6.07) is 30.2. The zero-order valence-corrected chi connectivity index (χ0v) is 19.6. The summed E-state index contributed by atoms with van der Waals surface area (Å²) in [5.41, 5.74) is 3.84. The normalized spacial score (nSPS) is 10.2. The van der Waals surface area contributed by atoms with E-state index in [0.717, 1.165) is 11.1 Å². The molecule has 0 aliphatic rings.